The molecular formula is C17H16ClF5N2O2. The highest BCUT2D eigenvalue weighted by Gasteiger charge is 2.40. The van der Waals surface area contributed by atoms with Crippen molar-refractivity contribution in [1.29, 1.82) is 0 Å². The van der Waals surface area contributed by atoms with Crippen LogP contribution in [-0.2, 0) is 17.3 Å². The summed E-state index contributed by atoms with van der Waals surface area (Å²) >= 11 is 6.12. The maximum Gasteiger partial charge on any atom is 0.435 e. The predicted molar refractivity (Wildman–Crippen MR) is 87.2 cm³/mol. The van der Waals surface area contributed by atoms with Crippen molar-refractivity contribution < 1.29 is 31.5 Å². The molecule has 0 aromatic carbocycles. The Balaban J connectivity index is 2.05. The van der Waals surface area contributed by atoms with E-state index in [2.05, 4.69) is 9.72 Å². The van der Waals surface area contributed by atoms with E-state index in [9.17, 15) is 26.7 Å². The Morgan fingerprint density at radius 2 is 1.96 bits per heavy atom. The average molecular weight is 411 g/mol. The van der Waals surface area contributed by atoms with Gasteiger partial charge >= 0.3 is 12.1 Å². The second kappa shape index (κ2) is 6.92. The van der Waals surface area contributed by atoms with Crippen LogP contribution in [0.2, 0.25) is 5.15 Å². The largest absolute Gasteiger partial charge is 0.465 e. The van der Waals surface area contributed by atoms with Crippen molar-refractivity contribution in [2.24, 2.45) is 5.92 Å². The van der Waals surface area contributed by atoms with Gasteiger partial charge in [0.1, 0.15) is 10.8 Å². The standard InChI is InChI=1S/C17H16ClF5N2O2/c1-27-15(26)10-7-12(18)25-11(6-9-2-4-16(19,20)5-3-9)14(17(21,22)23)24-13(25)8-10/h7-9H,2-6H2,1H3. The molecule has 1 fully saturated rings. The zero-order chi connectivity index (χ0) is 20.0. The van der Waals surface area contributed by atoms with Crippen molar-refractivity contribution >= 4 is 23.2 Å². The number of fused-ring (bicyclic) bond motifs is 1. The number of nitrogens with zero attached hydrogens (tertiary/aromatic N) is 2. The lowest BCUT2D eigenvalue weighted by atomic mass is 9.83. The first-order valence-electron chi connectivity index (χ1n) is 8.26. The number of halogens is 6. The Bertz CT molecular complexity index is 868. The molecule has 148 valence electrons. The summed E-state index contributed by atoms with van der Waals surface area (Å²) in [7, 11) is 1.14. The fourth-order valence-electron chi connectivity index (χ4n) is 3.41. The van der Waals surface area contributed by atoms with Gasteiger partial charge in [-0.1, -0.05) is 11.6 Å². The smallest absolute Gasteiger partial charge is 0.435 e. The van der Waals surface area contributed by atoms with E-state index in [0.29, 0.717) is 0 Å². The zero-order valence-electron chi connectivity index (χ0n) is 14.2. The van der Waals surface area contributed by atoms with Crippen LogP contribution in [-0.4, -0.2) is 28.4 Å². The first-order valence-corrected chi connectivity index (χ1v) is 8.64. The van der Waals surface area contributed by atoms with E-state index in [1.165, 1.54) is 6.07 Å². The van der Waals surface area contributed by atoms with Crippen molar-refractivity contribution in [3.05, 3.63) is 34.2 Å². The van der Waals surface area contributed by atoms with Crippen LogP contribution in [0, 0.1) is 5.92 Å². The molecule has 2 heterocycles. The molecule has 0 bridgehead atoms. The van der Waals surface area contributed by atoms with Crippen molar-refractivity contribution in [1.82, 2.24) is 9.38 Å². The van der Waals surface area contributed by atoms with Crippen LogP contribution in [0.5, 0.6) is 0 Å². The number of methoxy groups -OCH3 is 1. The Hall–Kier alpha value is -1.90. The molecule has 1 aliphatic carbocycles. The van der Waals surface area contributed by atoms with E-state index in [-0.39, 0.29) is 60.1 Å². The second-order valence-electron chi connectivity index (χ2n) is 6.66. The number of pyridine rings is 1. The summed E-state index contributed by atoms with van der Waals surface area (Å²) in [6.45, 7) is 0. The summed E-state index contributed by atoms with van der Waals surface area (Å²) in [5.74, 6) is -3.86. The Kier molecular flexibility index (Phi) is 5.09. The lowest BCUT2D eigenvalue weighted by molar-refractivity contribution is -0.141. The summed E-state index contributed by atoms with van der Waals surface area (Å²) in [4.78, 5) is 15.3. The van der Waals surface area contributed by atoms with Crippen LogP contribution >= 0.6 is 11.6 Å². The molecule has 1 saturated carbocycles. The molecule has 1 aliphatic rings. The molecule has 0 N–H and O–H groups in total. The van der Waals surface area contributed by atoms with Crippen LogP contribution in [0.3, 0.4) is 0 Å². The molecule has 2 aromatic heterocycles. The Morgan fingerprint density at radius 1 is 1.33 bits per heavy atom. The Labute approximate surface area is 156 Å². The van der Waals surface area contributed by atoms with Gasteiger partial charge in [0.2, 0.25) is 5.92 Å². The fraction of sp³-hybridized carbons (Fsp3) is 0.529. The van der Waals surface area contributed by atoms with Crippen molar-refractivity contribution in [2.45, 2.75) is 44.2 Å². The highest BCUT2D eigenvalue weighted by molar-refractivity contribution is 6.30. The van der Waals surface area contributed by atoms with E-state index >= 15 is 0 Å². The normalized spacial score (nSPS) is 18.0. The quantitative estimate of drug-likeness (QED) is 0.399. The van der Waals surface area contributed by atoms with Crippen LogP contribution < -0.4 is 0 Å². The second-order valence-corrected chi connectivity index (χ2v) is 7.05. The maximum atomic E-state index is 13.5. The van der Waals surface area contributed by atoms with Gasteiger partial charge in [0.05, 0.1) is 18.4 Å². The molecule has 27 heavy (non-hydrogen) atoms. The molecule has 0 spiro atoms. The van der Waals surface area contributed by atoms with Gasteiger partial charge in [-0.2, -0.15) is 13.2 Å². The zero-order valence-corrected chi connectivity index (χ0v) is 15.0. The summed E-state index contributed by atoms with van der Waals surface area (Å²) in [5.41, 5.74) is -1.48. The minimum Gasteiger partial charge on any atom is -0.465 e. The minimum atomic E-state index is -4.74. The van der Waals surface area contributed by atoms with Crippen LogP contribution in [0.15, 0.2) is 12.1 Å². The van der Waals surface area contributed by atoms with Gasteiger partial charge in [-0.3, -0.25) is 4.40 Å². The number of imidazole rings is 1. The van der Waals surface area contributed by atoms with E-state index in [4.69, 9.17) is 11.6 Å². The van der Waals surface area contributed by atoms with Crippen LogP contribution in [0.4, 0.5) is 22.0 Å². The molecular weight excluding hydrogens is 395 g/mol. The van der Waals surface area contributed by atoms with Crippen LogP contribution in [0.1, 0.15) is 47.4 Å². The summed E-state index contributed by atoms with van der Waals surface area (Å²) in [6.07, 6.45) is -5.28. The van der Waals surface area contributed by atoms with Gasteiger partial charge < -0.3 is 4.74 Å². The molecule has 0 atom stereocenters. The number of carbonyl (C=O) groups is 1. The minimum absolute atomic E-state index is 0.0300. The number of esters is 1. The molecule has 0 saturated heterocycles. The third-order valence-electron chi connectivity index (χ3n) is 4.78. The number of alkyl halides is 5. The first kappa shape index (κ1) is 19.9. The summed E-state index contributed by atoms with van der Waals surface area (Å²) < 4.78 is 72.8. The molecule has 10 heteroatoms. The number of aromatic nitrogens is 2. The number of ether oxygens (including phenoxy) is 1. The highest BCUT2D eigenvalue weighted by Crippen LogP contribution is 2.40. The van der Waals surface area contributed by atoms with Gasteiger partial charge in [0.15, 0.2) is 5.69 Å². The number of hydrogen-bond acceptors (Lipinski definition) is 3. The van der Waals surface area contributed by atoms with Gasteiger partial charge in [-0.05, 0) is 37.3 Å². The predicted octanol–water partition coefficient (Wildman–Crippen LogP) is 5.16. The SMILES string of the molecule is COC(=O)c1cc(Cl)n2c(CC3CCC(F)(F)CC3)c(C(F)(F)F)nc2c1. The number of carbonyl (C=O) groups excluding carboxylic acids is 1. The van der Waals surface area contributed by atoms with Gasteiger partial charge in [0.25, 0.3) is 0 Å². The number of hydrogen-bond donors (Lipinski definition) is 0. The monoisotopic (exact) mass is 410 g/mol. The molecule has 3 rings (SSSR count). The Morgan fingerprint density at radius 3 is 2.52 bits per heavy atom. The van der Waals surface area contributed by atoms with Gasteiger partial charge in [-0.15, -0.1) is 0 Å². The first-order chi connectivity index (χ1) is 12.5. The topological polar surface area (TPSA) is 43.6 Å². The fourth-order valence-corrected chi connectivity index (χ4v) is 3.72. The van der Waals surface area contributed by atoms with Gasteiger partial charge in [-0.25, -0.2) is 18.6 Å². The van der Waals surface area contributed by atoms with Crippen molar-refractivity contribution in [2.75, 3.05) is 7.11 Å². The van der Waals surface area contributed by atoms with Gasteiger partial charge in [0, 0.05) is 12.8 Å². The van der Waals surface area contributed by atoms with Crippen molar-refractivity contribution in [3.63, 3.8) is 0 Å². The average Bonchev–Trinajstić information content (AvgIpc) is 2.95. The maximum absolute atomic E-state index is 13.5. The summed E-state index contributed by atoms with van der Waals surface area (Å²) in [5, 5.41) is -0.132. The number of rotatable bonds is 3. The molecule has 4 nitrogen and oxygen atoms in total. The molecule has 0 unspecified atom stereocenters. The lowest BCUT2D eigenvalue weighted by Gasteiger charge is -2.28. The molecule has 0 radical (unpaired) electrons. The molecule has 2 aromatic rings. The van der Waals surface area contributed by atoms with Crippen molar-refractivity contribution in [3.8, 4) is 0 Å². The highest BCUT2D eigenvalue weighted by atomic mass is 35.5. The summed E-state index contributed by atoms with van der Waals surface area (Å²) in [6, 6.07) is 2.35. The third kappa shape index (κ3) is 4.02. The van der Waals surface area contributed by atoms with E-state index in [0.717, 1.165) is 17.6 Å². The van der Waals surface area contributed by atoms with E-state index in [1.807, 2.05) is 0 Å². The van der Waals surface area contributed by atoms with E-state index in [1.54, 1.807) is 0 Å². The third-order valence-corrected chi connectivity index (χ3v) is 5.06. The van der Waals surface area contributed by atoms with E-state index < -0.39 is 23.8 Å². The molecule has 0 amide bonds. The lowest BCUT2D eigenvalue weighted by Crippen LogP contribution is -2.26. The molecule has 0 aliphatic heterocycles. The van der Waals surface area contributed by atoms with Crippen LogP contribution in [0.25, 0.3) is 5.65 Å².